The minimum atomic E-state index is -0.858. The molecule has 222 valence electrons. The van der Waals surface area contributed by atoms with E-state index in [0.29, 0.717) is 5.75 Å². The molecule has 4 aromatic carbocycles. The molecule has 4 aliphatic carbocycles. The van der Waals surface area contributed by atoms with Crippen LogP contribution >= 0.6 is 0 Å². The number of carbonyl (C=O) groups excluding carboxylic acids is 1. The van der Waals surface area contributed by atoms with Gasteiger partial charge in [-0.1, -0.05) is 60.5 Å². The summed E-state index contributed by atoms with van der Waals surface area (Å²) in [7, 11) is -0.236. The molecule has 4 aromatic rings. The zero-order valence-corrected chi connectivity index (χ0v) is 26.1. The molecule has 3 nitrogen and oxygen atoms in total. The van der Waals surface area contributed by atoms with Gasteiger partial charge in [0.2, 0.25) is 0 Å². The van der Waals surface area contributed by atoms with Crippen molar-refractivity contribution in [2.24, 2.45) is 23.2 Å². The fraction of sp³-hybridized carbons (Fsp3) is 0.325. The van der Waals surface area contributed by atoms with Gasteiger partial charge < -0.3 is 9.47 Å². The van der Waals surface area contributed by atoms with Crippen molar-refractivity contribution in [1.82, 2.24) is 0 Å². The van der Waals surface area contributed by atoms with Gasteiger partial charge in [-0.2, -0.15) is 0 Å². The molecule has 4 fully saturated rings. The molecule has 1 atom stereocenters. The standard InChI is InChI=1S/C40H39O3S/c1-39(22-21-30-11-5-2-6-12-30,40-26-31-23-32(27-40)25-33(24-31)28-40)43-38(41)29-42-34-17-19-37(20-18-34)44(35-13-7-3-8-14-35)36-15-9-4-10-16-36/h2-20,31-33H,23-29H2,1H3/q+1. The normalized spacial score (nSPS) is 24.6. The topological polar surface area (TPSA) is 35.5 Å². The number of benzene rings is 4. The second-order valence-corrected chi connectivity index (χ2v) is 15.0. The summed E-state index contributed by atoms with van der Waals surface area (Å²) in [5.74, 6) is 9.34. The molecule has 4 bridgehead atoms. The molecule has 0 aliphatic heterocycles. The molecule has 0 radical (unpaired) electrons. The van der Waals surface area contributed by atoms with Crippen LogP contribution in [0.25, 0.3) is 0 Å². The van der Waals surface area contributed by atoms with Crippen LogP contribution in [0.5, 0.6) is 5.75 Å². The average Bonchev–Trinajstić information content (AvgIpc) is 3.04. The SMILES string of the molecule is CC(C#Cc1ccccc1)(OC(=O)COc1ccc([S+](c2ccccc2)c2ccccc2)cc1)C12CC3CC(CC(C3)C1)C2. The lowest BCUT2D eigenvalue weighted by Crippen LogP contribution is -2.58. The van der Waals surface area contributed by atoms with E-state index in [4.69, 9.17) is 9.47 Å². The van der Waals surface area contributed by atoms with Crippen molar-refractivity contribution in [1.29, 1.82) is 0 Å². The van der Waals surface area contributed by atoms with Crippen molar-refractivity contribution >= 4 is 16.9 Å². The van der Waals surface area contributed by atoms with Crippen LogP contribution in [0.2, 0.25) is 0 Å². The van der Waals surface area contributed by atoms with Crippen molar-refractivity contribution in [3.05, 3.63) is 121 Å². The van der Waals surface area contributed by atoms with E-state index < -0.39 is 5.60 Å². The van der Waals surface area contributed by atoms with Gasteiger partial charge in [-0.3, -0.25) is 0 Å². The zero-order valence-electron chi connectivity index (χ0n) is 25.3. The smallest absolute Gasteiger partial charge is 0.345 e. The van der Waals surface area contributed by atoms with Crippen LogP contribution in [0.4, 0.5) is 0 Å². The van der Waals surface area contributed by atoms with Crippen LogP contribution in [0.15, 0.2) is 130 Å². The molecular weight excluding hydrogens is 561 g/mol. The Kier molecular flexibility index (Phi) is 8.00. The molecule has 0 N–H and O–H groups in total. The third-order valence-electron chi connectivity index (χ3n) is 9.96. The highest BCUT2D eigenvalue weighted by Crippen LogP contribution is 2.64. The Morgan fingerprint density at radius 3 is 1.73 bits per heavy atom. The zero-order chi connectivity index (χ0) is 30.0. The van der Waals surface area contributed by atoms with Gasteiger partial charge in [0.25, 0.3) is 0 Å². The molecule has 0 heterocycles. The number of carbonyl (C=O) groups is 1. The highest BCUT2D eigenvalue weighted by Gasteiger charge is 2.60. The summed E-state index contributed by atoms with van der Waals surface area (Å²) in [6, 6.07) is 39.3. The van der Waals surface area contributed by atoms with Gasteiger partial charge >= 0.3 is 5.97 Å². The van der Waals surface area contributed by atoms with E-state index in [-0.39, 0.29) is 28.9 Å². The second-order valence-electron chi connectivity index (χ2n) is 13.0. The fourth-order valence-corrected chi connectivity index (χ4v) is 10.4. The lowest BCUT2D eigenvalue weighted by Gasteiger charge is -2.60. The summed E-state index contributed by atoms with van der Waals surface area (Å²) in [5, 5.41) is 0. The monoisotopic (exact) mass is 599 g/mol. The lowest BCUT2D eigenvalue weighted by atomic mass is 9.45. The van der Waals surface area contributed by atoms with E-state index in [1.54, 1.807) is 0 Å². The Balaban J connectivity index is 1.08. The van der Waals surface area contributed by atoms with E-state index in [0.717, 1.165) is 42.6 Å². The predicted octanol–water partition coefficient (Wildman–Crippen LogP) is 8.73. The molecule has 0 aromatic heterocycles. The van der Waals surface area contributed by atoms with Crippen LogP contribution in [0, 0.1) is 35.0 Å². The van der Waals surface area contributed by atoms with Gasteiger partial charge in [0.15, 0.2) is 26.9 Å². The van der Waals surface area contributed by atoms with Crippen molar-refractivity contribution < 1.29 is 14.3 Å². The van der Waals surface area contributed by atoms with E-state index in [1.165, 1.54) is 33.9 Å². The Hall–Kier alpha value is -3.94. The van der Waals surface area contributed by atoms with Gasteiger partial charge in [0.1, 0.15) is 5.75 Å². The summed E-state index contributed by atoms with van der Waals surface area (Å²) in [5.41, 5.74) is -0.00464. The lowest BCUT2D eigenvalue weighted by molar-refractivity contribution is -0.189. The van der Waals surface area contributed by atoms with E-state index in [2.05, 4.69) is 79.4 Å². The van der Waals surface area contributed by atoms with Crippen molar-refractivity contribution in [3.8, 4) is 17.6 Å². The Labute approximate surface area is 264 Å². The number of esters is 1. The first-order valence-corrected chi connectivity index (χ1v) is 17.1. The van der Waals surface area contributed by atoms with Gasteiger partial charge in [-0.25, -0.2) is 4.79 Å². The summed E-state index contributed by atoms with van der Waals surface area (Å²) in [4.78, 5) is 17.2. The van der Waals surface area contributed by atoms with Gasteiger partial charge in [-0.05, 0) is 130 Å². The van der Waals surface area contributed by atoms with E-state index in [1.807, 2.05) is 54.6 Å². The van der Waals surface area contributed by atoms with E-state index in [9.17, 15) is 4.79 Å². The highest BCUT2D eigenvalue weighted by molar-refractivity contribution is 7.97. The maximum Gasteiger partial charge on any atom is 0.345 e. The number of hydrogen-bond donors (Lipinski definition) is 0. The van der Waals surface area contributed by atoms with Gasteiger partial charge in [-0.15, -0.1) is 0 Å². The molecule has 1 unspecified atom stereocenters. The molecular formula is C40H39O3S+. The number of rotatable bonds is 8. The van der Waals surface area contributed by atoms with Crippen molar-refractivity contribution in [2.45, 2.75) is 65.7 Å². The minimum Gasteiger partial charge on any atom is -0.482 e. The molecule has 44 heavy (non-hydrogen) atoms. The van der Waals surface area contributed by atoms with Gasteiger partial charge in [0, 0.05) is 11.0 Å². The Morgan fingerprint density at radius 1 is 0.727 bits per heavy atom. The second kappa shape index (κ2) is 12.2. The molecule has 0 saturated heterocycles. The maximum absolute atomic E-state index is 13.5. The molecule has 4 heteroatoms. The highest BCUT2D eigenvalue weighted by atomic mass is 32.2. The molecule has 0 amide bonds. The largest absolute Gasteiger partial charge is 0.482 e. The fourth-order valence-electron chi connectivity index (χ4n) is 8.27. The molecule has 4 saturated carbocycles. The minimum absolute atomic E-state index is 0.0916. The average molecular weight is 600 g/mol. The Bertz CT molecular complexity index is 1560. The predicted molar refractivity (Wildman–Crippen MR) is 175 cm³/mol. The third kappa shape index (κ3) is 5.91. The summed E-state index contributed by atoms with van der Waals surface area (Å²) in [6.07, 6.45) is 7.26. The number of ether oxygens (including phenoxy) is 2. The van der Waals surface area contributed by atoms with E-state index >= 15 is 0 Å². The molecule has 0 spiro atoms. The van der Waals surface area contributed by atoms with Crippen LogP contribution in [-0.4, -0.2) is 18.2 Å². The quantitative estimate of drug-likeness (QED) is 0.115. The van der Waals surface area contributed by atoms with Crippen LogP contribution < -0.4 is 4.74 Å². The number of hydrogen-bond acceptors (Lipinski definition) is 3. The third-order valence-corrected chi connectivity index (χ3v) is 12.2. The van der Waals surface area contributed by atoms with Gasteiger partial charge in [0.05, 0.1) is 10.9 Å². The Morgan fingerprint density at radius 2 is 1.20 bits per heavy atom. The first-order valence-electron chi connectivity index (χ1n) is 15.9. The van der Waals surface area contributed by atoms with Crippen molar-refractivity contribution in [2.75, 3.05) is 6.61 Å². The first kappa shape index (κ1) is 28.8. The molecule has 8 rings (SSSR count). The van der Waals surface area contributed by atoms with Crippen LogP contribution in [-0.2, 0) is 20.4 Å². The van der Waals surface area contributed by atoms with Crippen molar-refractivity contribution in [3.63, 3.8) is 0 Å². The maximum atomic E-state index is 13.5. The molecule has 4 aliphatic rings. The summed E-state index contributed by atoms with van der Waals surface area (Å²) in [6.45, 7) is 1.93. The van der Waals surface area contributed by atoms with Crippen LogP contribution in [0.3, 0.4) is 0 Å². The van der Waals surface area contributed by atoms with Crippen LogP contribution in [0.1, 0.15) is 51.0 Å². The summed E-state index contributed by atoms with van der Waals surface area (Å²) >= 11 is 0. The first-order chi connectivity index (χ1) is 21.5. The summed E-state index contributed by atoms with van der Waals surface area (Å²) < 4.78 is 12.4.